The van der Waals surface area contributed by atoms with E-state index in [0.717, 1.165) is 18.8 Å². The van der Waals surface area contributed by atoms with Crippen LogP contribution >= 0.6 is 23.2 Å². The highest BCUT2D eigenvalue weighted by Crippen LogP contribution is 2.51. The summed E-state index contributed by atoms with van der Waals surface area (Å²) in [6.45, 7) is 0. The lowest BCUT2D eigenvalue weighted by Gasteiger charge is -2.32. The largest absolute Gasteiger partial charge is 0.228 e. The van der Waals surface area contributed by atoms with E-state index in [1.165, 1.54) is 30.4 Å². The van der Waals surface area contributed by atoms with Crippen LogP contribution in [0.5, 0.6) is 0 Å². The molecule has 3 unspecified atom stereocenters. The van der Waals surface area contributed by atoms with E-state index in [1.807, 2.05) is 0 Å². The van der Waals surface area contributed by atoms with Gasteiger partial charge in [-0.2, -0.15) is 0 Å². The van der Waals surface area contributed by atoms with Crippen molar-refractivity contribution in [1.82, 2.24) is 0 Å². The molecule has 3 nitrogen and oxygen atoms in total. The number of sulfonamides is 1. The molecule has 0 radical (unpaired) electrons. The van der Waals surface area contributed by atoms with Crippen molar-refractivity contribution in [3.8, 4) is 0 Å². The quantitative estimate of drug-likeness (QED) is 0.586. The molecule has 4 rings (SSSR count). The van der Waals surface area contributed by atoms with Crippen molar-refractivity contribution in [3.05, 3.63) is 69.2 Å². The van der Waals surface area contributed by atoms with Gasteiger partial charge in [0, 0.05) is 0 Å². The minimum Gasteiger partial charge on any atom is -0.228 e. The Morgan fingerprint density at radius 3 is 2.32 bits per heavy atom. The normalized spacial score (nSPS) is 23.2. The predicted octanol–water partition coefficient (Wildman–Crippen LogP) is 6.17. The number of halogens is 2. The van der Waals surface area contributed by atoms with Crippen LogP contribution in [0.15, 0.2) is 42.5 Å². The Morgan fingerprint density at radius 2 is 1.68 bits per heavy atom. The van der Waals surface area contributed by atoms with Crippen molar-refractivity contribution in [2.24, 2.45) is 11.1 Å². The second-order valence-corrected chi connectivity index (χ2v) is 10.7. The summed E-state index contributed by atoms with van der Waals surface area (Å²) in [4.78, 5) is 0. The Hall–Kier alpha value is -1.07. The van der Waals surface area contributed by atoms with Crippen LogP contribution in [0.3, 0.4) is 0 Å². The smallest absolute Gasteiger partial charge is 0.216 e. The molecule has 1 saturated carbocycles. The van der Waals surface area contributed by atoms with Crippen LogP contribution in [0.2, 0.25) is 10.0 Å². The summed E-state index contributed by atoms with van der Waals surface area (Å²) in [6.07, 6.45) is 6.25. The van der Waals surface area contributed by atoms with Crippen LogP contribution in [0.25, 0.3) is 0 Å². The number of primary sulfonamides is 1. The Labute approximate surface area is 177 Å². The van der Waals surface area contributed by atoms with Crippen LogP contribution in [0.1, 0.15) is 72.3 Å². The zero-order valence-electron chi connectivity index (χ0n) is 15.7. The van der Waals surface area contributed by atoms with Gasteiger partial charge in [-0.3, -0.25) is 0 Å². The van der Waals surface area contributed by atoms with Gasteiger partial charge in [0.1, 0.15) is 5.25 Å². The van der Waals surface area contributed by atoms with Crippen LogP contribution in [0, 0.1) is 5.92 Å². The Kier molecular flexibility index (Phi) is 5.76. The number of nitrogens with two attached hydrogens (primary N) is 1. The molecule has 1 fully saturated rings. The predicted molar refractivity (Wildman–Crippen MR) is 115 cm³/mol. The molecule has 3 atom stereocenters. The molecule has 0 aromatic heterocycles. The van der Waals surface area contributed by atoms with E-state index in [2.05, 4.69) is 24.3 Å². The molecule has 28 heavy (non-hydrogen) atoms. The van der Waals surface area contributed by atoms with Crippen LogP contribution in [-0.2, 0) is 10.0 Å². The molecule has 0 aliphatic heterocycles. The second-order valence-electron chi connectivity index (χ2n) is 8.18. The van der Waals surface area contributed by atoms with Crippen molar-refractivity contribution in [3.63, 3.8) is 0 Å². The second kappa shape index (κ2) is 7.98. The number of benzene rings is 2. The van der Waals surface area contributed by atoms with Gasteiger partial charge in [-0.05, 0) is 85.1 Å². The minimum atomic E-state index is -3.74. The highest BCUT2D eigenvalue weighted by atomic mass is 35.5. The van der Waals surface area contributed by atoms with Gasteiger partial charge < -0.3 is 0 Å². The van der Waals surface area contributed by atoms with Crippen molar-refractivity contribution in [2.45, 2.75) is 55.6 Å². The maximum Gasteiger partial charge on any atom is 0.216 e. The molecule has 2 aliphatic carbocycles. The monoisotopic (exact) mass is 437 g/mol. The number of rotatable bonds is 6. The molecule has 2 aliphatic rings. The molecular weight excluding hydrogens is 413 g/mol. The van der Waals surface area contributed by atoms with E-state index in [1.54, 1.807) is 18.2 Å². The van der Waals surface area contributed by atoms with Gasteiger partial charge in [-0.15, -0.1) is 0 Å². The molecule has 2 aromatic carbocycles. The number of fused-ring (bicyclic) bond motifs is 1. The van der Waals surface area contributed by atoms with Gasteiger partial charge >= 0.3 is 0 Å². The summed E-state index contributed by atoms with van der Waals surface area (Å²) in [6, 6.07) is 13.7. The van der Waals surface area contributed by atoms with E-state index >= 15 is 0 Å². The van der Waals surface area contributed by atoms with Crippen molar-refractivity contribution < 1.29 is 8.42 Å². The van der Waals surface area contributed by atoms with Gasteiger partial charge in [0.05, 0.1) is 10.0 Å². The van der Waals surface area contributed by atoms with Crippen LogP contribution in [-0.4, -0.2) is 8.42 Å². The molecule has 0 saturated heterocycles. The molecule has 150 valence electrons. The third kappa shape index (κ3) is 4.25. The SMILES string of the molecule is NS(=O)(=O)C(CCC1CCC(C2CC2)c2ccccc21)c1ccc(Cl)c(Cl)c1. The highest BCUT2D eigenvalue weighted by Gasteiger charge is 2.37. The van der Waals surface area contributed by atoms with Crippen molar-refractivity contribution in [1.29, 1.82) is 0 Å². The average molecular weight is 438 g/mol. The van der Waals surface area contributed by atoms with E-state index in [0.29, 0.717) is 33.9 Å². The summed E-state index contributed by atoms with van der Waals surface area (Å²) in [7, 11) is -3.74. The third-order valence-electron chi connectivity index (χ3n) is 6.34. The average Bonchev–Trinajstić information content (AvgIpc) is 3.48. The lowest BCUT2D eigenvalue weighted by atomic mass is 9.73. The first kappa shape index (κ1) is 20.2. The first-order valence-electron chi connectivity index (χ1n) is 9.90. The molecule has 0 amide bonds. The fourth-order valence-electron chi connectivity index (χ4n) is 4.79. The summed E-state index contributed by atoms with van der Waals surface area (Å²) >= 11 is 12.1. The van der Waals surface area contributed by atoms with Gasteiger partial charge in [0.2, 0.25) is 10.0 Å². The number of hydrogen-bond donors (Lipinski definition) is 1. The topological polar surface area (TPSA) is 60.2 Å². The summed E-state index contributed by atoms with van der Waals surface area (Å²) in [5, 5.41) is 5.57. The zero-order chi connectivity index (χ0) is 19.9. The Morgan fingerprint density at radius 1 is 0.964 bits per heavy atom. The van der Waals surface area contributed by atoms with Gasteiger partial charge in [-0.25, -0.2) is 13.6 Å². The third-order valence-corrected chi connectivity index (χ3v) is 8.38. The first-order valence-corrected chi connectivity index (χ1v) is 12.3. The fourth-order valence-corrected chi connectivity index (χ4v) is 6.08. The standard InChI is InChI=1S/C22H25Cl2NO2S/c23-20-11-8-16(13-21(20)24)22(28(25,26)27)12-9-15-7-10-18(14-5-6-14)19-4-2-1-3-17(15)19/h1-4,8,11,13-15,18,22H,5-7,9-10,12H2,(H2,25,26,27). The molecule has 2 aromatic rings. The van der Waals surface area contributed by atoms with E-state index in [4.69, 9.17) is 28.3 Å². The maximum absolute atomic E-state index is 12.3. The fraction of sp³-hybridized carbons (Fsp3) is 0.455. The molecule has 6 heteroatoms. The minimum absolute atomic E-state index is 0.350. The Balaban J connectivity index is 1.56. The maximum atomic E-state index is 12.3. The van der Waals surface area contributed by atoms with Gasteiger partial charge in [-0.1, -0.05) is 53.5 Å². The molecule has 0 bridgehead atoms. The van der Waals surface area contributed by atoms with E-state index in [9.17, 15) is 8.42 Å². The number of hydrogen-bond acceptors (Lipinski definition) is 2. The Bertz CT molecular complexity index is 972. The van der Waals surface area contributed by atoms with Crippen LogP contribution < -0.4 is 5.14 Å². The van der Waals surface area contributed by atoms with Crippen molar-refractivity contribution in [2.75, 3.05) is 0 Å². The van der Waals surface area contributed by atoms with E-state index in [-0.39, 0.29) is 0 Å². The molecular formula is C22H25Cl2NO2S. The summed E-state index contributed by atoms with van der Waals surface area (Å²) in [5.41, 5.74) is 3.48. The lowest BCUT2D eigenvalue weighted by molar-refractivity contribution is 0.426. The summed E-state index contributed by atoms with van der Waals surface area (Å²) < 4.78 is 24.6. The van der Waals surface area contributed by atoms with Crippen molar-refractivity contribution >= 4 is 33.2 Å². The molecule has 2 N–H and O–H groups in total. The van der Waals surface area contributed by atoms with E-state index < -0.39 is 15.3 Å². The zero-order valence-corrected chi connectivity index (χ0v) is 18.0. The highest BCUT2D eigenvalue weighted by molar-refractivity contribution is 7.89. The molecule has 0 spiro atoms. The van der Waals surface area contributed by atoms with Crippen LogP contribution in [0.4, 0.5) is 0 Å². The first-order chi connectivity index (χ1) is 13.3. The van der Waals surface area contributed by atoms with Gasteiger partial charge in [0.15, 0.2) is 0 Å². The molecule has 0 heterocycles. The summed E-state index contributed by atoms with van der Waals surface area (Å²) in [5.74, 6) is 1.89. The lowest BCUT2D eigenvalue weighted by Crippen LogP contribution is -2.23. The van der Waals surface area contributed by atoms with Gasteiger partial charge in [0.25, 0.3) is 0 Å².